The van der Waals surface area contributed by atoms with E-state index in [1.165, 1.54) is 10.0 Å². The highest BCUT2D eigenvalue weighted by atomic mass is 19.1. The molecular formula is C34H39FN8O4. The van der Waals surface area contributed by atoms with Gasteiger partial charge in [0.2, 0.25) is 11.8 Å². The summed E-state index contributed by atoms with van der Waals surface area (Å²) in [5.74, 6) is 0.308. The predicted octanol–water partition coefficient (Wildman–Crippen LogP) is 3.69. The van der Waals surface area contributed by atoms with Crippen molar-refractivity contribution in [3.63, 3.8) is 0 Å². The van der Waals surface area contributed by atoms with Gasteiger partial charge >= 0.3 is 0 Å². The summed E-state index contributed by atoms with van der Waals surface area (Å²) in [6, 6.07) is 8.65. The summed E-state index contributed by atoms with van der Waals surface area (Å²) < 4.78 is 23.9. The minimum atomic E-state index is -1.13. The van der Waals surface area contributed by atoms with E-state index in [1.54, 1.807) is 26.3 Å². The quantitative estimate of drug-likeness (QED) is 0.299. The Balaban J connectivity index is 1.16. The van der Waals surface area contributed by atoms with Crippen LogP contribution in [-0.2, 0) is 16.1 Å². The molecule has 0 aromatic carbocycles. The number of aryl methyl sites for hydroxylation is 1. The standard InChI is InChI=1S/C34H39FN8O4/c1-18(37-32(46)33-15-34(35,16-33)17-33)24-8-7-21-9-25(41(30(21)38-24)13-20-5-6-20)29-19(2)43-26(39-29)10-22(11-28(43)47-4)31(45)42-14-23(36)12-27(44)40(42)3/h7-11,18,20,23H,5-6,12-17,36H2,1-4H3,(H,37,46)/t18-,23-,33?,34?/m1/s1. The zero-order valence-corrected chi connectivity index (χ0v) is 27.0. The summed E-state index contributed by atoms with van der Waals surface area (Å²) >= 11 is 0. The molecule has 3 N–H and O–H groups in total. The zero-order chi connectivity index (χ0) is 33.0. The summed E-state index contributed by atoms with van der Waals surface area (Å²) in [5, 5.41) is 6.73. The molecule has 4 saturated carbocycles. The second-order valence-electron chi connectivity index (χ2n) is 14.2. The molecule has 0 radical (unpaired) electrons. The van der Waals surface area contributed by atoms with Crippen LogP contribution in [0.5, 0.6) is 5.88 Å². The van der Waals surface area contributed by atoms with Crippen LogP contribution in [0.4, 0.5) is 4.39 Å². The third-order valence-electron chi connectivity index (χ3n) is 10.6. The number of nitrogens with two attached hydrogens (primary N) is 1. The maximum Gasteiger partial charge on any atom is 0.272 e. The molecule has 4 aromatic rings. The minimum Gasteiger partial charge on any atom is -0.482 e. The van der Waals surface area contributed by atoms with E-state index in [0.717, 1.165) is 53.2 Å². The average Bonchev–Trinajstić information content (AvgIpc) is 3.68. The number of halogens is 1. The fourth-order valence-corrected chi connectivity index (χ4v) is 7.71. The number of imidazole rings is 1. The summed E-state index contributed by atoms with van der Waals surface area (Å²) in [7, 11) is 3.12. The Labute approximate surface area is 271 Å². The Bertz CT molecular complexity index is 1980. The van der Waals surface area contributed by atoms with Crippen molar-refractivity contribution in [1.82, 2.24) is 34.3 Å². The fraction of sp³-hybridized carbons (Fsp3) is 0.500. The molecule has 4 aliphatic carbocycles. The second-order valence-corrected chi connectivity index (χ2v) is 14.2. The first-order valence-corrected chi connectivity index (χ1v) is 16.3. The first kappa shape index (κ1) is 29.9. The van der Waals surface area contributed by atoms with Crippen LogP contribution >= 0.6 is 0 Å². The number of fused-ring (bicyclic) bond motifs is 2. The lowest BCUT2D eigenvalue weighted by molar-refractivity contribution is -0.214. The molecule has 9 rings (SSSR count). The highest BCUT2D eigenvalue weighted by Gasteiger charge is 2.72. The summed E-state index contributed by atoms with van der Waals surface area (Å²) in [6.07, 6.45) is 3.43. The van der Waals surface area contributed by atoms with Crippen molar-refractivity contribution < 1.29 is 23.5 Å². The number of pyridine rings is 2. The summed E-state index contributed by atoms with van der Waals surface area (Å²) in [4.78, 5) is 49.1. The first-order valence-electron chi connectivity index (χ1n) is 16.3. The molecule has 2 bridgehead atoms. The number of rotatable bonds is 8. The van der Waals surface area contributed by atoms with Crippen LogP contribution in [0.15, 0.2) is 30.3 Å². The Morgan fingerprint density at radius 1 is 1.17 bits per heavy atom. The molecule has 5 heterocycles. The number of nitrogens with one attached hydrogen (secondary N) is 1. The van der Waals surface area contributed by atoms with Gasteiger partial charge in [-0.25, -0.2) is 19.4 Å². The number of carbonyl (C=O) groups is 3. The van der Waals surface area contributed by atoms with Crippen molar-refractivity contribution in [1.29, 1.82) is 0 Å². The van der Waals surface area contributed by atoms with Crippen molar-refractivity contribution in [2.45, 2.75) is 76.7 Å². The van der Waals surface area contributed by atoms with E-state index < -0.39 is 17.1 Å². The number of hydrazine groups is 1. The van der Waals surface area contributed by atoms with Gasteiger partial charge in [0.25, 0.3) is 5.91 Å². The van der Waals surface area contributed by atoms with Gasteiger partial charge in [0.05, 0.1) is 47.8 Å². The summed E-state index contributed by atoms with van der Waals surface area (Å²) in [6.45, 7) is 4.89. The zero-order valence-electron chi connectivity index (χ0n) is 27.0. The van der Waals surface area contributed by atoms with Gasteiger partial charge in [-0.15, -0.1) is 0 Å². The van der Waals surface area contributed by atoms with Crippen molar-refractivity contribution in [3.05, 3.63) is 47.3 Å². The number of nitrogens with zero attached hydrogens (tertiary/aromatic N) is 6. The molecule has 1 saturated heterocycles. The molecule has 2 atom stereocenters. The van der Waals surface area contributed by atoms with E-state index in [0.29, 0.717) is 42.3 Å². The van der Waals surface area contributed by atoms with Gasteiger partial charge in [0.1, 0.15) is 22.7 Å². The number of ether oxygens (including phenoxy) is 1. The van der Waals surface area contributed by atoms with Crippen LogP contribution in [0.2, 0.25) is 0 Å². The number of carbonyl (C=O) groups excluding carboxylic acids is 3. The molecule has 1 aliphatic heterocycles. The number of alkyl halides is 1. The molecule has 13 heteroatoms. The third-order valence-corrected chi connectivity index (χ3v) is 10.6. The van der Waals surface area contributed by atoms with E-state index in [-0.39, 0.29) is 36.7 Å². The second kappa shape index (κ2) is 10.2. The van der Waals surface area contributed by atoms with Crippen molar-refractivity contribution >= 4 is 34.4 Å². The van der Waals surface area contributed by atoms with Gasteiger partial charge < -0.3 is 20.4 Å². The molecule has 12 nitrogen and oxygen atoms in total. The maximum atomic E-state index is 14.1. The normalized spacial score (nSPS) is 25.9. The average molecular weight is 643 g/mol. The van der Waals surface area contributed by atoms with E-state index in [4.69, 9.17) is 20.4 Å². The van der Waals surface area contributed by atoms with Gasteiger partial charge in [0, 0.05) is 37.5 Å². The van der Waals surface area contributed by atoms with E-state index in [1.807, 2.05) is 30.4 Å². The first-order chi connectivity index (χ1) is 22.4. The molecule has 47 heavy (non-hydrogen) atoms. The largest absolute Gasteiger partial charge is 0.482 e. The number of hydrogen-bond donors (Lipinski definition) is 2. The van der Waals surface area contributed by atoms with E-state index in [2.05, 4.69) is 16.0 Å². The van der Waals surface area contributed by atoms with Crippen LogP contribution in [0.25, 0.3) is 28.1 Å². The van der Waals surface area contributed by atoms with E-state index in [9.17, 15) is 18.8 Å². The van der Waals surface area contributed by atoms with E-state index >= 15 is 0 Å². The third kappa shape index (κ3) is 4.68. The lowest BCUT2D eigenvalue weighted by Crippen LogP contribution is -2.70. The van der Waals surface area contributed by atoms with Gasteiger partial charge in [-0.05, 0) is 76.1 Å². The van der Waals surface area contributed by atoms with Crippen molar-refractivity contribution in [2.75, 3.05) is 20.7 Å². The molecular weight excluding hydrogens is 603 g/mol. The van der Waals surface area contributed by atoms with Gasteiger partial charge in [-0.2, -0.15) is 0 Å². The van der Waals surface area contributed by atoms with Gasteiger partial charge in [-0.1, -0.05) is 0 Å². The van der Waals surface area contributed by atoms with Crippen LogP contribution < -0.4 is 15.8 Å². The molecule has 0 spiro atoms. The van der Waals surface area contributed by atoms with Crippen LogP contribution in [0.3, 0.4) is 0 Å². The minimum absolute atomic E-state index is 0.0889. The van der Waals surface area contributed by atoms with Crippen molar-refractivity contribution in [2.24, 2.45) is 17.1 Å². The van der Waals surface area contributed by atoms with Crippen LogP contribution in [0, 0.1) is 18.3 Å². The monoisotopic (exact) mass is 642 g/mol. The molecule has 4 aromatic heterocycles. The Morgan fingerprint density at radius 3 is 2.60 bits per heavy atom. The topological polar surface area (TPSA) is 140 Å². The summed E-state index contributed by atoms with van der Waals surface area (Å²) in [5.41, 5.74) is 9.30. The Kier molecular flexibility index (Phi) is 6.50. The fourth-order valence-electron chi connectivity index (χ4n) is 7.71. The Hall–Kier alpha value is -4.52. The molecule has 3 amide bonds. The van der Waals surface area contributed by atoms with Crippen LogP contribution in [-0.4, -0.2) is 79.1 Å². The number of methoxy groups -OCH3 is 1. The smallest absolute Gasteiger partial charge is 0.272 e. The van der Waals surface area contributed by atoms with Gasteiger partial charge in [0.15, 0.2) is 5.88 Å². The highest BCUT2D eigenvalue weighted by Crippen LogP contribution is 2.69. The number of aromatic nitrogens is 4. The van der Waals surface area contributed by atoms with Crippen molar-refractivity contribution in [3.8, 4) is 17.3 Å². The lowest BCUT2D eigenvalue weighted by Gasteiger charge is -2.64. The molecule has 0 unspecified atom stereocenters. The number of hydrogen-bond acceptors (Lipinski definition) is 7. The Morgan fingerprint density at radius 2 is 1.91 bits per heavy atom. The van der Waals surface area contributed by atoms with Gasteiger partial charge in [-0.3, -0.25) is 23.8 Å². The lowest BCUT2D eigenvalue weighted by atomic mass is 9.42. The highest BCUT2D eigenvalue weighted by molar-refractivity contribution is 5.97. The number of amides is 3. The van der Waals surface area contributed by atoms with Crippen LogP contribution in [0.1, 0.15) is 73.2 Å². The maximum absolute atomic E-state index is 14.1. The SMILES string of the molecule is COc1cc(C(=O)N2C[C@H](N)CC(=O)N2C)cc2nc(-c3cc4ccc([C@@H](C)NC(=O)C56CC(F)(C5)C6)nc4n3CC3CC3)c(C)n12. The molecule has 5 aliphatic rings. The molecule has 246 valence electrons. The molecule has 5 fully saturated rings. The predicted molar refractivity (Wildman–Crippen MR) is 171 cm³/mol.